The Bertz CT molecular complexity index is 513. The van der Waals surface area contributed by atoms with E-state index >= 15 is 0 Å². The first-order valence-electron chi connectivity index (χ1n) is 5.54. The molecule has 0 amide bonds. The van der Waals surface area contributed by atoms with Crippen LogP contribution in [0.15, 0.2) is 14.4 Å². The van der Waals surface area contributed by atoms with E-state index in [1.807, 2.05) is 0 Å². The largest absolute Gasteiger partial charge is 0.333 e. The summed E-state index contributed by atoms with van der Waals surface area (Å²) >= 11 is 5.11. The van der Waals surface area contributed by atoms with Crippen LogP contribution in [0.2, 0.25) is 0 Å². The second-order valence-electron chi connectivity index (χ2n) is 4.24. The molecule has 0 spiro atoms. The van der Waals surface area contributed by atoms with Crippen molar-refractivity contribution in [3.05, 3.63) is 21.2 Å². The minimum Gasteiger partial charge on any atom is -0.333 e. The van der Waals surface area contributed by atoms with E-state index in [9.17, 15) is 0 Å². The molecule has 17 heavy (non-hydrogen) atoms. The molecular formula is C11H12BrN3OS. The van der Waals surface area contributed by atoms with Gasteiger partial charge in [0, 0.05) is 6.04 Å². The van der Waals surface area contributed by atoms with Gasteiger partial charge < -0.3 is 9.84 Å². The Labute approximate surface area is 112 Å². The van der Waals surface area contributed by atoms with Crippen molar-refractivity contribution in [3.8, 4) is 10.8 Å². The van der Waals surface area contributed by atoms with E-state index in [2.05, 4.69) is 44.4 Å². The predicted octanol–water partition coefficient (Wildman–Crippen LogP) is 3.12. The second-order valence-corrected chi connectivity index (χ2v) is 6.61. The third-order valence-corrected chi connectivity index (χ3v) is 4.79. The molecule has 2 aromatic rings. The first kappa shape index (κ1) is 11.4. The average molecular weight is 314 g/mol. The van der Waals surface area contributed by atoms with Crippen LogP contribution in [0.5, 0.6) is 0 Å². The Morgan fingerprint density at radius 3 is 3.06 bits per heavy atom. The molecule has 0 unspecified atom stereocenters. The predicted molar refractivity (Wildman–Crippen MR) is 69.9 cm³/mol. The number of rotatable bonds is 4. The first-order valence-corrected chi connectivity index (χ1v) is 7.15. The summed E-state index contributed by atoms with van der Waals surface area (Å²) in [7, 11) is 0. The van der Waals surface area contributed by atoms with Gasteiger partial charge in [-0.25, -0.2) is 0 Å². The molecule has 0 saturated heterocycles. The van der Waals surface area contributed by atoms with Gasteiger partial charge in [-0.15, -0.1) is 11.3 Å². The SMILES string of the molecule is Cc1cc(-c2nc(CNC3CC3)no2)sc1Br. The van der Waals surface area contributed by atoms with E-state index in [1.165, 1.54) is 18.4 Å². The molecule has 1 fully saturated rings. The van der Waals surface area contributed by atoms with Gasteiger partial charge in [0.25, 0.3) is 5.89 Å². The summed E-state index contributed by atoms with van der Waals surface area (Å²) in [6.07, 6.45) is 2.53. The maximum Gasteiger partial charge on any atom is 0.268 e. The Morgan fingerprint density at radius 2 is 2.41 bits per heavy atom. The van der Waals surface area contributed by atoms with Crippen LogP contribution < -0.4 is 5.32 Å². The summed E-state index contributed by atoms with van der Waals surface area (Å²) in [4.78, 5) is 5.40. The number of nitrogens with zero attached hydrogens (tertiary/aromatic N) is 2. The standard InChI is InChI=1S/C11H12BrN3OS/c1-6-4-8(17-10(6)12)11-14-9(15-16-11)5-13-7-2-3-7/h4,7,13H,2-3,5H2,1H3. The lowest BCUT2D eigenvalue weighted by Crippen LogP contribution is -2.16. The normalized spacial score (nSPS) is 15.4. The molecule has 1 saturated carbocycles. The van der Waals surface area contributed by atoms with Crippen molar-refractivity contribution in [2.24, 2.45) is 0 Å². The third kappa shape index (κ3) is 2.59. The van der Waals surface area contributed by atoms with Crippen molar-refractivity contribution in [3.63, 3.8) is 0 Å². The number of aryl methyl sites for hydroxylation is 1. The van der Waals surface area contributed by atoms with Crippen LogP contribution in [0, 0.1) is 6.92 Å². The van der Waals surface area contributed by atoms with Gasteiger partial charge >= 0.3 is 0 Å². The van der Waals surface area contributed by atoms with Gasteiger partial charge in [-0.05, 0) is 47.3 Å². The molecule has 4 nitrogen and oxygen atoms in total. The van der Waals surface area contributed by atoms with Crippen LogP contribution in [-0.4, -0.2) is 16.2 Å². The Balaban J connectivity index is 1.74. The topological polar surface area (TPSA) is 51.0 Å². The van der Waals surface area contributed by atoms with Gasteiger partial charge in [0.2, 0.25) is 0 Å². The van der Waals surface area contributed by atoms with Gasteiger partial charge in [0.15, 0.2) is 5.82 Å². The Hall–Kier alpha value is -0.720. The zero-order valence-corrected chi connectivity index (χ0v) is 11.8. The molecule has 0 atom stereocenters. The van der Waals surface area contributed by atoms with Crippen LogP contribution in [0.1, 0.15) is 24.2 Å². The Morgan fingerprint density at radius 1 is 1.59 bits per heavy atom. The fourth-order valence-corrected chi connectivity index (χ4v) is 2.97. The number of halogens is 1. The number of nitrogens with one attached hydrogen (secondary N) is 1. The van der Waals surface area contributed by atoms with Gasteiger partial charge in [-0.1, -0.05) is 5.16 Å². The fraction of sp³-hybridized carbons (Fsp3) is 0.455. The zero-order chi connectivity index (χ0) is 11.8. The van der Waals surface area contributed by atoms with Crippen molar-refractivity contribution in [1.29, 1.82) is 0 Å². The molecule has 2 aromatic heterocycles. The Kier molecular flexibility index (Phi) is 3.02. The molecule has 0 aromatic carbocycles. The minimum atomic E-state index is 0.608. The molecule has 1 aliphatic rings. The number of hydrogen-bond donors (Lipinski definition) is 1. The summed E-state index contributed by atoms with van der Waals surface area (Å²) < 4.78 is 6.37. The van der Waals surface area contributed by atoms with Crippen molar-refractivity contribution in [2.45, 2.75) is 32.4 Å². The summed E-state index contributed by atoms with van der Waals surface area (Å²) in [5, 5.41) is 7.34. The van der Waals surface area contributed by atoms with E-state index in [0.29, 0.717) is 18.5 Å². The van der Waals surface area contributed by atoms with Crippen LogP contribution in [0.25, 0.3) is 10.8 Å². The maximum absolute atomic E-state index is 5.26. The molecule has 1 N–H and O–H groups in total. The maximum atomic E-state index is 5.26. The molecule has 0 aliphatic heterocycles. The van der Waals surface area contributed by atoms with E-state index < -0.39 is 0 Å². The third-order valence-electron chi connectivity index (χ3n) is 2.66. The zero-order valence-electron chi connectivity index (χ0n) is 9.36. The van der Waals surface area contributed by atoms with Crippen LogP contribution in [-0.2, 0) is 6.54 Å². The fourth-order valence-electron chi connectivity index (χ4n) is 1.51. The van der Waals surface area contributed by atoms with Crippen LogP contribution >= 0.6 is 27.3 Å². The molecular weight excluding hydrogens is 302 g/mol. The molecule has 2 heterocycles. The minimum absolute atomic E-state index is 0.608. The number of hydrogen-bond acceptors (Lipinski definition) is 5. The van der Waals surface area contributed by atoms with E-state index in [4.69, 9.17) is 4.52 Å². The van der Waals surface area contributed by atoms with Crippen molar-refractivity contribution in [2.75, 3.05) is 0 Å². The molecule has 0 radical (unpaired) electrons. The number of aromatic nitrogens is 2. The molecule has 0 bridgehead atoms. The van der Waals surface area contributed by atoms with E-state index in [1.54, 1.807) is 11.3 Å². The molecule has 90 valence electrons. The molecule has 1 aliphatic carbocycles. The summed E-state index contributed by atoms with van der Waals surface area (Å²) in [5.41, 5.74) is 1.20. The van der Waals surface area contributed by atoms with Crippen molar-refractivity contribution < 1.29 is 4.52 Å². The highest BCUT2D eigenvalue weighted by Gasteiger charge is 2.21. The van der Waals surface area contributed by atoms with Gasteiger partial charge in [0.1, 0.15) is 0 Å². The molecule has 6 heteroatoms. The highest BCUT2D eigenvalue weighted by Crippen LogP contribution is 2.33. The van der Waals surface area contributed by atoms with E-state index in [-0.39, 0.29) is 0 Å². The quantitative estimate of drug-likeness (QED) is 0.942. The van der Waals surface area contributed by atoms with Crippen molar-refractivity contribution in [1.82, 2.24) is 15.5 Å². The highest BCUT2D eigenvalue weighted by molar-refractivity contribution is 9.11. The highest BCUT2D eigenvalue weighted by atomic mass is 79.9. The average Bonchev–Trinajstić information content (AvgIpc) is 2.92. The van der Waals surface area contributed by atoms with Gasteiger partial charge in [-0.2, -0.15) is 4.98 Å². The smallest absolute Gasteiger partial charge is 0.268 e. The molecule has 3 rings (SSSR count). The first-order chi connectivity index (χ1) is 8.22. The van der Waals surface area contributed by atoms with Crippen LogP contribution in [0.3, 0.4) is 0 Å². The second kappa shape index (κ2) is 4.51. The van der Waals surface area contributed by atoms with E-state index in [0.717, 1.165) is 14.5 Å². The number of thiophene rings is 1. The van der Waals surface area contributed by atoms with Gasteiger partial charge in [-0.3, -0.25) is 0 Å². The summed E-state index contributed by atoms with van der Waals surface area (Å²) in [5.74, 6) is 1.34. The monoisotopic (exact) mass is 313 g/mol. The lowest BCUT2D eigenvalue weighted by Gasteiger charge is -1.94. The summed E-state index contributed by atoms with van der Waals surface area (Å²) in [6.45, 7) is 2.75. The van der Waals surface area contributed by atoms with Gasteiger partial charge in [0.05, 0.1) is 15.2 Å². The van der Waals surface area contributed by atoms with Crippen LogP contribution in [0.4, 0.5) is 0 Å². The lowest BCUT2D eigenvalue weighted by molar-refractivity contribution is 0.420. The lowest BCUT2D eigenvalue weighted by atomic mass is 10.3. The summed E-state index contributed by atoms with van der Waals surface area (Å²) in [6, 6.07) is 2.72. The van der Waals surface area contributed by atoms with Crippen molar-refractivity contribution >= 4 is 27.3 Å².